The van der Waals surface area contributed by atoms with Gasteiger partial charge in [-0.2, -0.15) is 0 Å². The molecule has 2 aromatic rings. The molecule has 0 aliphatic carbocycles. The van der Waals surface area contributed by atoms with Crippen molar-refractivity contribution < 1.29 is 0 Å². The Morgan fingerprint density at radius 2 is 2.25 bits per heavy atom. The topological polar surface area (TPSA) is 45.8 Å². The molecule has 0 amide bonds. The van der Waals surface area contributed by atoms with Crippen molar-refractivity contribution in [3.63, 3.8) is 0 Å². The first-order valence-corrected chi connectivity index (χ1v) is 3.78. The average Bonchev–Trinajstić information content (AvgIpc) is 2.07. The van der Waals surface area contributed by atoms with Gasteiger partial charge in [0.2, 0.25) is 0 Å². The molecule has 0 saturated carbocycles. The second kappa shape index (κ2) is 2.60. The minimum absolute atomic E-state index is 0.0706. The van der Waals surface area contributed by atoms with Crippen molar-refractivity contribution in [2.24, 2.45) is 0 Å². The van der Waals surface area contributed by atoms with Crippen LogP contribution in [0.1, 0.15) is 0 Å². The highest BCUT2D eigenvalue weighted by atomic mass is 35.5. The Kier molecular flexibility index (Phi) is 1.59. The van der Waals surface area contributed by atoms with Crippen molar-refractivity contribution in [2.45, 2.75) is 0 Å². The van der Waals surface area contributed by atoms with E-state index in [9.17, 15) is 4.79 Å². The Balaban J connectivity index is 3.05. The molecule has 0 aliphatic heterocycles. The fourth-order valence-corrected chi connectivity index (χ4v) is 1.27. The third-order valence-corrected chi connectivity index (χ3v) is 1.91. The van der Waals surface area contributed by atoms with Crippen LogP contribution in [0.5, 0.6) is 0 Å². The number of aromatic amines is 1. The van der Waals surface area contributed by atoms with E-state index in [2.05, 4.69) is 9.97 Å². The van der Waals surface area contributed by atoms with Gasteiger partial charge in [-0.25, -0.2) is 0 Å². The van der Waals surface area contributed by atoms with Gasteiger partial charge in [0.25, 0.3) is 0 Å². The van der Waals surface area contributed by atoms with Gasteiger partial charge in [-0.05, 0) is 0 Å². The van der Waals surface area contributed by atoms with Crippen LogP contribution in [0, 0.1) is 0 Å². The largest absolute Gasteiger partial charge is 0.360 e. The molecule has 0 atom stereocenters. The molecule has 60 valence electrons. The second-order valence-corrected chi connectivity index (χ2v) is 2.79. The number of nitrogens with one attached hydrogen (secondary N) is 1. The van der Waals surface area contributed by atoms with Gasteiger partial charge in [0.1, 0.15) is 0 Å². The maximum absolute atomic E-state index is 11.2. The molecule has 2 rings (SSSR count). The minimum Gasteiger partial charge on any atom is -0.360 e. The summed E-state index contributed by atoms with van der Waals surface area (Å²) in [5.74, 6) is 0. The summed E-state index contributed by atoms with van der Waals surface area (Å²) in [7, 11) is 0. The molecule has 0 fully saturated rings. The maximum Gasteiger partial charge on any atom is 0.190 e. The first kappa shape index (κ1) is 7.31. The molecule has 4 heteroatoms. The first-order valence-electron chi connectivity index (χ1n) is 3.40. The molecule has 0 unspecified atom stereocenters. The number of hydrogen-bond acceptors (Lipinski definition) is 2. The zero-order chi connectivity index (χ0) is 8.55. The van der Waals surface area contributed by atoms with Crippen LogP contribution < -0.4 is 5.43 Å². The number of rotatable bonds is 0. The van der Waals surface area contributed by atoms with Crippen molar-refractivity contribution in [2.75, 3.05) is 0 Å². The van der Waals surface area contributed by atoms with Crippen LogP contribution in [-0.2, 0) is 0 Å². The van der Waals surface area contributed by atoms with Gasteiger partial charge >= 0.3 is 0 Å². The molecule has 0 aromatic carbocycles. The molecule has 1 N–H and O–H groups in total. The Hall–Kier alpha value is -1.35. The predicted molar refractivity (Wildman–Crippen MR) is 47.4 cm³/mol. The summed E-state index contributed by atoms with van der Waals surface area (Å²) in [4.78, 5) is 17.9. The fourth-order valence-electron chi connectivity index (χ4n) is 1.06. The van der Waals surface area contributed by atoms with Crippen LogP contribution in [0.2, 0.25) is 5.02 Å². The molecule has 0 radical (unpaired) electrons. The van der Waals surface area contributed by atoms with Gasteiger partial charge in [0, 0.05) is 24.7 Å². The van der Waals surface area contributed by atoms with Gasteiger partial charge in [-0.1, -0.05) is 11.6 Å². The summed E-state index contributed by atoms with van der Waals surface area (Å²) in [6, 6.07) is 1.44. The van der Waals surface area contributed by atoms with Gasteiger partial charge in [0.15, 0.2) is 5.43 Å². The molecule has 2 aromatic heterocycles. The number of fused-ring (bicyclic) bond motifs is 1. The lowest BCUT2D eigenvalue weighted by Gasteiger charge is -1.96. The summed E-state index contributed by atoms with van der Waals surface area (Å²) in [5, 5.41) is 0.982. The van der Waals surface area contributed by atoms with E-state index >= 15 is 0 Å². The molecule has 0 saturated heterocycles. The highest BCUT2D eigenvalue weighted by Crippen LogP contribution is 2.15. The summed E-state index contributed by atoms with van der Waals surface area (Å²) in [5.41, 5.74) is 0.568. The van der Waals surface area contributed by atoms with Gasteiger partial charge < -0.3 is 4.98 Å². The highest BCUT2D eigenvalue weighted by molar-refractivity contribution is 6.34. The lowest BCUT2D eigenvalue weighted by molar-refractivity contribution is 1.31. The third-order valence-electron chi connectivity index (χ3n) is 1.63. The smallest absolute Gasteiger partial charge is 0.190 e. The monoisotopic (exact) mass is 180 g/mol. The summed E-state index contributed by atoms with van der Waals surface area (Å²) < 4.78 is 0. The lowest BCUT2D eigenvalue weighted by Crippen LogP contribution is -2.00. The molecular weight excluding hydrogens is 176 g/mol. The number of halogens is 1. The van der Waals surface area contributed by atoms with Crippen LogP contribution >= 0.6 is 11.6 Å². The quantitative estimate of drug-likeness (QED) is 0.669. The van der Waals surface area contributed by atoms with Crippen LogP contribution in [0.15, 0.2) is 29.5 Å². The summed E-state index contributed by atoms with van der Waals surface area (Å²) in [6.07, 6.45) is 4.57. The Bertz CT molecular complexity index is 478. The molecule has 2 heterocycles. The van der Waals surface area contributed by atoms with E-state index in [4.69, 9.17) is 11.6 Å². The standard InChI is InChI=1S/C8H5ClN2O/c9-6-4-10-3-5-7(12)1-2-11-8(5)6/h1-4H,(H,11,12). The Morgan fingerprint density at radius 1 is 1.42 bits per heavy atom. The maximum atomic E-state index is 11.2. The number of aromatic nitrogens is 2. The zero-order valence-corrected chi connectivity index (χ0v) is 6.80. The van der Waals surface area contributed by atoms with E-state index in [1.54, 1.807) is 6.20 Å². The molecule has 3 nitrogen and oxygen atoms in total. The number of hydrogen-bond donors (Lipinski definition) is 1. The van der Waals surface area contributed by atoms with E-state index in [0.717, 1.165) is 0 Å². The molecule has 0 spiro atoms. The Labute approximate surface area is 73.0 Å². The SMILES string of the molecule is O=c1cc[nH]c2c(Cl)cncc12. The number of H-pyrrole nitrogens is 1. The van der Waals surface area contributed by atoms with Crippen LogP contribution in [0.25, 0.3) is 10.9 Å². The van der Waals surface area contributed by atoms with Crippen molar-refractivity contribution >= 4 is 22.5 Å². The van der Waals surface area contributed by atoms with E-state index in [-0.39, 0.29) is 5.43 Å². The van der Waals surface area contributed by atoms with Gasteiger partial charge in [0.05, 0.1) is 15.9 Å². The number of nitrogens with zero attached hydrogens (tertiary/aromatic N) is 1. The highest BCUT2D eigenvalue weighted by Gasteiger charge is 2.00. The zero-order valence-electron chi connectivity index (χ0n) is 6.04. The summed E-state index contributed by atoms with van der Waals surface area (Å²) in [6.45, 7) is 0. The van der Waals surface area contributed by atoms with E-state index in [1.807, 2.05) is 0 Å². The van der Waals surface area contributed by atoms with E-state index < -0.39 is 0 Å². The normalized spacial score (nSPS) is 10.4. The molecule has 12 heavy (non-hydrogen) atoms. The van der Waals surface area contributed by atoms with Crippen LogP contribution in [-0.4, -0.2) is 9.97 Å². The molecule has 0 aliphatic rings. The molecule has 0 bridgehead atoms. The van der Waals surface area contributed by atoms with E-state index in [1.165, 1.54) is 18.5 Å². The van der Waals surface area contributed by atoms with Crippen LogP contribution in [0.3, 0.4) is 0 Å². The predicted octanol–water partition coefficient (Wildman–Crippen LogP) is 1.58. The molecular formula is C8H5ClN2O. The van der Waals surface area contributed by atoms with Crippen molar-refractivity contribution in [1.29, 1.82) is 0 Å². The Morgan fingerprint density at radius 3 is 3.00 bits per heavy atom. The van der Waals surface area contributed by atoms with Gasteiger partial charge in [-0.15, -0.1) is 0 Å². The second-order valence-electron chi connectivity index (χ2n) is 2.39. The lowest BCUT2D eigenvalue weighted by atomic mass is 10.3. The van der Waals surface area contributed by atoms with Crippen LogP contribution in [0.4, 0.5) is 0 Å². The average molecular weight is 181 g/mol. The van der Waals surface area contributed by atoms with Crippen molar-refractivity contribution in [3.8, 4) is 0 Å². The minimum atomic E-state index is -0.0706. The van der Waals surface area contributed by atoms with Crippen molar-refractivity contribution in [1.82, 2.24) is 9.97 Å². The first-order chi connectivity index (χ1) is 5.79. The fraction of sp³-hybridized carbons (Fsp3) is 0. The van der Waals surface area contributed by atoms with E-state index in [0.29, 0.717) is 15.9 Å². The van der Waals surface area contributed by atoms with Crippen molar-refractivity contribution in [3.05, 3.63) is 39.9 Å². The third kappa shape index (κ3) is 0.987. The number of pyridine rings is 2. The summed E-state index contributed by atoms with van der Waals surface area (Å²) >= 11 is 5.80. The van der Waals surface area contributed by atoms with Gasteiger partial charge in [-0.3, -0.25) is 9.78 Å².